The lowest BCUT2D eigenvalue weighted by atomic mass is 9.95. The molecule has 0 saturated heterocycles. The third-order valence-electron chi connectivity index (χ3n) is 3.79. The normalized spacial score (nSPS) is 12.1. The highest BCUT2D eigenvalue weighted by Crippen LogP contribution is 2.29. The van der Waals surface area contributed by atoms with Crippen molar-refractivity contribution in [3.8, 4) is 5.75 Å². The van der Waals surface area contributed by atoms with Gasteiger partial charge in [0.15, 0.2) is 11.6 Å². The molecule has 1 heterocycles. The molecule has 0 N–H and O–H groups in total. The first-order valence-corrected chi connectivity index (χ1v) is 7.46. The second kappa shape index (κ2) is 7.22. The summed E-state index contributed by atoms with van der Waals surface area (Å²) in [4.78, 5) is 18.6. The van der Waals surface area contributed by atoms with Crippen LogP contribution in [0.2, 0.25) is 0 Å². The van der Waals surface area contributed by atoms with Gasteiger partial charge in [0.25, 0.3) is 5.91 Å². The number of benzene rings is 1. The molecule has 0 aliphatic rings. The number of carbonyl (C=O) groups is 1. The van der Waals surface area contributed by atoms with E-state index in [1.54, 1.807) is 24.3 Å². The largest absolute Gasteiger partial charge is 0.494 e. The highest BCUT2D eigenvalue weighted by molar-refractivity contribution is 5.94. The van der Waals surface area contributed by atoms with Crippen molar-refractivity contribution in [2.24, 2.45) is 5.92 Å². The zero-order chi connectivity index (χ0) is 17.0. The summed E-state index contributed by atoms with van der Waals surface area (Å²) in [5, 5.41) is 0. The maximum Gasteiger partial charge on any atom is 0.254 e. The molecule has 1 aromatic carbocycles. The Morgan fingerprint density at radius 1 is 1.30 bits per heavy atom. The number of rotatable bonds is 5. The molecule has 2 rings (SSSR count). The molecule has 2 aromatic rings. The minimum absolute atomic E-state index is 0.0618. The van der Waals surface area contributed by atoms with Gasteiger partial charge in [-0.1, -0.05) is 19.9 Å². The number of hydrogen-bond acceptors (Lipinski definition) is 3. The Hall–Kier alpha value is -2.43. The molecule has 0 unspecified atom stereocenters. The fraction of sp³-hybridized carbons (Fsp3) is 0.333. The first-order chi connectivity index (χ1) is 11.0. The molecule has 0 bridgehead atoms. The van der Waals surface area contributed by atoms with Crippen molar-refractivity contribution in [3.63, 3.8) is 0 Å². The van der Waals surface area contributed by atoms with Gasteiger partial charge < -0.3 is 9.64 Å². The first-order valence-electron chi connectivity index (χ1n) is 7.46. The third-order valence-corrected chi connectivity index (χ3v) is 3.79. The van der Waals surface area contributed by atoms with E-state index in [1.165, 1.54) is 25.3 Å². The SMILES string of the molecule is COc1cc(C(=O)N(C)[C@@H](c2cccnc2)C(C)C)ccc1F. The minimum atomic E-state index is -0.487. The lowest BCUT2D eigenvalue weighted by Gasteiger charge is -2.31. The van der Waals surface area contributed by atoms with Gasteiger partial charge in [-0.2, -0.15) is 0 Å². The Morgan fingerprint density at radius 2 is 2.04 bits per heavy atom. The van der Waals surface area contributed by atoms with E-state index in [0.29, 0.717) is 5.56 Å². The smallest absolute Gasteiger partial charge is 0.254 e. The van der Waals surface area contributed by atoms with Crippen LogP contribution in [0.4, 0.5) is 4.39 Å². The van der Waals surface area contributed by atoms with Gasteiger partial charge in [0, 0.05) is 25.0 Å². The van der Waals surface area contributed by atoms with Gasteiger partial charge in [-0.3, -0.25) is 9.78 Å². The number of ether oxygens (including phenoxy) is 1. The summed E-state index contributed by atoms with van der Waals surface area (Å²) in [6.45, 7) is 4.10. The molecule has 0 saturated carbocycles. The van der Waals surface area contributed by atoms with Gasteiger partial charge in [0.1, 0.15) is 0 Å². The van der Waals surface area contributed by atoms with Gasteiger partial charge in [-0.25, -0.2) is 4.39 Å². The van der Waals surface area contributed by atoms with Crippen molar-refractivity contribution in [2.45, 2.75) is 19.9 Å². The van der Waals surface area contributed by atoms with Crippen LogP contribution in [0.15, 0.2) is 42.7 Å². The number of nitrogens with zero attached hydrogens (tertiary/aromatic N) is 2. The fourth-order valence-electron chi connectivity index (χ4n) is 2.73. The Kier molecular flexibility index (Phi) is 5.32. The highest BCUT2D eigenvalue weighted by Gasteiger charge is 2.26. The van der Waals surface area contributed by atoms with Gasteiger partial charge in [0.2, 0.25) is 0 Å². The number of carbonyl (C=O) groups excluding carboxylic acids is 1. The van der Waals surface area contributed by atoms with E-state index in [9.17, 15) is 9.18 Å². The molecule has 4 nitrogen and oxygen atoms in total. The second-order valence-electron chi connectivity index (χ2n) is 5.74. The van der Waals surface area contributed by atoms with Crippen molar-refractivity contribution in [1.82, 2.24) is 9.88 Å². The fourth-order valence-corrected chi connectivity index (χ4v) is 2.73. The monoisotopic (exact) mass is 316 g/mol. The average Bonchev–Trinajstić information content (AvgIpc) is 2.55. The molecule has 1 aromatic heterocycles. The number of aromatic nitrogens is 1. The molecule has 122 valence electrons. The number of pyridine rings is 1. The number of halogens is 1. The molecule has 0 aliphatic carbocycles. The quantitative estimate of drug-likeness (QED) is 0.844. The van der Waals surface area contributed by atoms with Crippen LogP contribution in [0.25, 0.3) is 0 Å². The topological polar surface area (TPSA) is 42.4 Å². The van der Waals surface area contributed by atoms with E-state index in [1.807, 2.05) is 26.0 Å². The van der Waals surface area contributed by atoms with Crippen molar-refractivity contribution in [1.29, 1.82) is 0 Å². The maximum absolute atomic E-state index is 13.5. The van der Waals surface area contributed by atoms with E-state index in [-0.39, 0.29) is 23.6 Å². The minimum Gasteiger partial charge on any atom is -0.494 e. The first kappa shape index (κ1) is 16.9. The van der Waals surface area contributed by atoms with E-state index < -0.39 is 5.82 Å². The van der Waals surface area contributed by atoms with E-state index >= 15 is 0 Å². The molecular formula is C18H21FN2O2. The zero-order valence-electron chi connectivity index (χ0n) is 13.8. The van der Waals surface area contributed by atoms with Gasteiger partial charge >= 0.3 is 0 Å². The lowest BCUT2D eigenvalue weighted by Crippen LogP contribution is -2.34. The van der Waals surface area contributed by atoms with Crippen LogP contribution in [0.1, 0.15) is 35.8 Å². The lowest BCUT2D eigenvalue weighted by molar-refractivity contribution is 0.0686. The Labute approximate surface area is 135 Å². The Morgan fingerprint density at radius 3 is 2.61 bits per heavy atom. The zero-order valence-corrected chi connectivity index (χ0v) is 13.8. The molecular weight excluding hydrogens is 295 g/mol. The second-order valence-corrected chi connectivity index (χ2v) is 5.74. The number of hydrogen-bond donors (Lipinski definition) is 0. The summed E-state index contributed by atoms with van der Waals surface area (Å²) >= 11 is 0. The van der Waals surface area contributed by atoms with Crippen LogP contribution in [0.5, 0.6) is 5.75 Å². The van der Waals surface area contributed by atoms with Crippen molar-refractivity contribution in [2.75, 3.05) is 14.2 Å². The summed E-state index contributed by atoms with van der Waals surface area (Å²) in [5.41, 5.74) is 1.35. The predicted molar refractivity (Wildman–Crippen MR) is 86.9 cm³/mol. The summed E-state index contributed by atoms with van der Waals surface area (Å²) in [7, 11) is 3.12. The maximum atomic E-state index is 13.5. The predicted octanol–water partition coefficient (Wildman–Crippen LogP) is 3.70. The summed E-state index contributed by atoms with van der Waals surface area (Å²) in [5.74, 6) is -0.410. The standard InChI is InChI=1S/C18H21FN2O2/c1-12(2)17(14-6-5-9-20-11-14)21(3)18(22)13-7-8-15(19)16(10-13)23-4/h5-12,17H,1-4H3/t17-/m1/s1. The Bertz CT molecular complexity index is 674. The van der Waals surface area contributed by atoms with E-state index in [0.717, 1.165) is 5.56 Å². The van der Waals surface area contributed by atoms with E-state index in [4.69, 9.17) is 4.74 Å². The van der Waals surface area contributed by atoms with Crippen molar-refractivity contribution >= 4 is 5.91 Å². The molecule has 1 amide bonds. The van der Waals surface area contributed by atoms with E-state index in [2.05, 4.69) is 4.98 Å². The molecule has 23 heavy (non-hydrogen) atoms. The average molecular weight is 316 g/mol. The van der Waals surface area contributed by atoms with Crippen LogP contribution in [-0.4, -0.2) is 29.9 Å². The summed E-state index contributed by atoms with van der Waals surface area (Å²) < 4.78 is 18.5. The number of amides is 1. The van der Waals surface area contributed by atoms with Crippen LogP contribution < -0.4 is 4.74 Å². The summed E-state index contributed by atoms with van der Waals surface area (Å²) in [6.07, 6.45) is 3.47. The van der Waals surface area contributed by atoms with Crippen LogP contribution in [0, 0.1) is 11.7 Å². The third kappa shape index (κ3) is 3.67. The highest BCUT2D eigenvalue weighted by atomic mass is 19.1. The summed E-state index contributed by atoms with van der Waals surface area (Å²) in [6, 6.07) is 7.82. The molecule has 5 heteroatoms. The van der Waals surface area contributed by atoms with Crippen molar-refractivity contribution < 1.29 is 13.9 Å². The molecule has 0 aliphatic heterocycles. The number of methoxy groups -OCH3 is 1. The Balaban J connectivity index is 2.33. The van der Waals surface area contributed by atoms with Crippen LogP contribution >= 0.6 is 0 Å². The molecule has 1 atom stereocenters. The molecule has 0 radical (unpaired) electrons. The van der Waals surface area contributed by atoms with Crippen molar-refractivity contribution in [3.05, 3.63) is 59.7 Å². The van der Waals surface area contributed by atoms with Gasteiger partial charge in [0.05, 0.1) is 13.2 Å². The van der Waals surface area contributed by atoms with Gasteiger partial charge in [-0.05, 0) is 35.7 Å². The van der Waals surface area contributed by atoms with Crippen LogP contribution in [0.3, 0.4) is 0 Å². The molecule has 0 spiro atoms. The van der Waals surface area contributed by atoms with Crippen LogP contribution in [-0.2, 0) is 0 Å². The van der Waals surface area contributed by atoms with Gasteiger partial charge in [-0.15, -0.1) is 0 Å². The molecule has 0 fully saturated rings.